The normalized spacial score (nSPS) is 10.8. The predicted octanol–water partition coefficient (Wildman–Crippen LogP) is 4.98. The molecule has 0 aliphatic heterocycles. The second kappa shape index (κ2) is 8.97. The van der Waals surface area contributed by atoms with E-state index in [0.29, 0.717) is 28.7 Å². The van der Waals surface area contributed by atoms with Crippen molar-refractivity contribution in [3.63, 3.8) is 0 Å². The van der Waals surface area contributed by atoms with Crippen LogP contribution in [-0.2, 0) is 6.54 Å². The van der Waals surface area contributed by atoms with Gasteiger partial charge in [0, 0.05) is 5.56 Å². The second-order valence-electron chi connectivity index (χ2n) is 6.97. The fraction of sp³-hybridized carbons (Fsp3) is 0.125. The number of nitrogens with zero attached hydrogens (tertiary/aromatic N) is 3. The van der Waals surface area contributed by atoms with Crippen LogP contribution < -0.4 is 0 Å². The standard InChI is InChI=1S/C24H21N3O2S/c1-17-11-13-19(14-12-17)22(29)16-30-24-26-25-23(20-9-5-6-10-21(20)28)27(24)15-18-7-3-2-4-8-18/h2-14,28H,15-16H2,1H3. The third-order valence-electron chi connectivity index (χ3n) is 4.75. The number of phenols is 1. The number of Topliss-reactive ketones (excluding diaryl/α,β-unsaturated/α-hetero) is 1. The van der Waals surface area contributed by atoms with Crippen molar-refractivity contribution in [1.29, 1.82) is 0 Å². The van der Waals surface area contributed by atoms with E-state index in [9.17, 15) is 9.90 Å². The molecular formula is C24H21N3O2S. The third-order valence-corrected chi connectivity index (χ3v) is 5.72. The molecule has 0 fully saturated rings. The first-order valence-corrected chi connectivity index (χ1v) is 10.6. The topological polar surface area (TPSA) is 68.0 Å². The van der Waals surface area contributed by atoms with E-state index in [4.69, 9.17) is 0 Å². The summed E-state index contributed by atoms with van der Waals surface area (Å²) in [5.41, 5.74) is 3.50. The molecule has 0 aliphatic carbocycles. The maximum absolute atomic E-state index is 12.6. The minimum Gasteiger partial charge on any atom is -0.507 e. The summed E-state index contributed by atoms with van der Waals surface area (Å²) in [5, 5.41) is 19.6. The van der Waals surface area contributed by atoms with Crippen LogP contribution in [0.1, 0.15) is 21.5 Å². The Morgan fingerprint density at radius 2 is 1.63 bits per heavy atom. The van der Waals surface area contributed by atoms with Crippen molar-refractivity contribution in [3.05, 3.63) is 95.6 Å². The molecule has 1 N–H and O–H groups in total. The van der Waals surface area contributed by atoms with E-state index in [0.717, 1.165) is 11.1 Å². The molecule has 5 nitrogen and oxygen atoms in total. The first kappa shape index (κ1) is 19.9. The fourth-order valence-electron chi connectivity index (χ4n) is 3.12. The van der Waals surface area contributed by atoms with Crippen molar-refractivity contribution in [1.82, 2.24) is 14.8 Å². The number of aryl methyl sites for hydroxylation is 1. The molecule has 0 bridgehead atoms. The molecule has 1 heterocycles. The number of aromatic nitrogens is 3. The van der Waals surface area contributed by atoms with E-state index < -0.39 is 0 Å². The maximum atomic E-state index is 12.6. The van der Waals surface area contributed by atoms with Gasteiger partial charge in [-0.05, 0) is 24.6 Å². The lowest BCUT2D eigenvalue weighted by atomic mass is 10.1. The summed E-state index contributed by atoms with van der Waals surface area (Å²) < 4.78 is 1.94. The minimum atomic E-state index is 0.0402. The summed E-state index contributed by atoms with van der Waals surface area (Å²) in [6.07, 6.45) is 0. The van der Waals surface area contributed by atoms with Crippen LogP contribution in [0, 0.1) is 6.92 Å². The van der Waals surface area contributed by atoms with Crippen LogP contribution in [0.2, 0.25) is 0 Å². The van der Waals surface area contributed by atoms with Crippen LogP contribution in [0.25, 0.3) is 11.4 Å². The van der Waals surface area contributed by atoms with E-state index in [1.807, 2.05) is 78.2 Å². The number of ketones is 1. The van der Waals surface area contributed by atoms with Gasteiger partial charge in [-0.2, -0.15) is 0 Å². The van der Waals surface area contributed by atoms with Gasteiger partial charge in [0.2, 0.25) is 0 Å². The number of aromatic hydroxyl groups is 1. The zero-order chi connectivity index (χ0) is 20.9. The van der Waals surface area contributed by atoms with Crippen molar-refractivity contribution in [2.24, 2.45) is 0 Å². The number of rotatable bonds is 7. The predicted molar refractivity (Wildman–Crippen MR) is 119 cm³/mol. The summed E-state index contributed by atoms with van der Waals surface area (Å²) in [7, 11) is 0. The summed E-state index contributed by atoms with van der Waals surface area (Å²) >= 11 is 1.35. The van der Waals surface area contributed by atoms with Gasteiger partial charge < -0.3 is 5.11 Å². The van der Waals surface area contributed by atoms with Crippen molar-refractivity contribution in [2.75, 3.05) is 5.75 Å². The zero-order valence-electron chi connectivity index (χ0n) is 16.5. The van der Waals surface area contributed by atoms with Gasteiger partial charge in [-0.25, -0.2) is 0 Å². The molecule has 0 spiro atoms. The van der Waals surface area contributed by atoms with E-state index in [2.05, 4.69) is 10.2 Å². The number of hydrogen-bond acceptors (Lipinski definition) is 5. The largest absolute Gasteiger partial charge is 0.507 e. The van der Waals surface area contributed by atoms with Crippen molar-refractivity contribution in [2.45, 2.75) is 18.6 Å². The Morgan fingerprint density at radius 3 is 2.37 bits per heavy atom. The number of benzene rings is 3. The van der Waals surface area contributed by atoms with Crippen LogP contribution in [0.5, 0.6) is 5.75 Å². The molecule has 0 unspecified atom stereocenters. The van der Waals surface area contributed by atoms with Gasteiger partial charge in [0.1, 0.15) is 5.75 Å². The number of carbonyl (C=O) groups excluding carboxylic acids is 1. The van der Waals surface area contributed by atoms with Gasteiger partial charge in [-0.1, -0.05) is 84.1 Å². The number of hydrogen-bond donors (Lipinski definition) is 1. The number of carbonyl (C=O) groups is 1. The molecular weight excluding hydrogens is 394 g/mol. The maximum Gasteiger partial charge on any atom is 0.192 e. The van der Waals surface area contributed by atoms with Gasteiger partial charge in [0.05, 0.1) is 17.9 Å². The highest BCUT2D eigenvalue weighted by Gasteiger charge is 2.18. The van der Waals surface area contributed by atoms with E-state index in [1.165, 1.54) is 11.8 Å². The molecule has 1 aromatic heterocycles. The number of thioether (sulfide) groups is 1. The Morgan fingerprint density at radius 1 is 0.933 bits per heavy atom. The lowest BCUT2D eigenvalue weighted by Gasteiger charge is -2.11. The van der Waals surface area contributed by atoms with Crippen LogP contribution in [0.3, 0.4) is 0 Å². The highest BCUT2D eigenvalue weighted by atomic mass is 32.2. The molecule has 0 radical (unpaired) electrons. The average Bonchev–Trinajstić information content (AvgIpc) is 3.15. The molecule has 0 saturated carbocycles. The molecule has 0 aliphatic rings. The quantitative estimate of drug-likeness (QED) is 0.340. The van der Waals surface area contributed by atoms with Crippen LogP contribution in [0.4, 0.5) is 0 Å². The van der Waals surface area contributed by atoms with Crippen molar-refractivity contribution in [3.8, 4) is 17.1 Å². The highest BCUT2D eigenvalue weighted by molar-refractivity contribution is 7.99. The average molecular weight is 416 g/mol. The molecule has 30 heavy (non-hydrogen) atoms. The van der Waals surface area contributed by atoms with Gasteiger partial charge >= 0.3 is 0 Å². The smallest absolute Gasteiger partial charge is 0.192 e. The SMILES string of the molecule is Cc1ccc(C(=O)CSc2nnc(-c3ccccc3O)n2Cc2ccccc2)cc1. The van der Waals surface area contributed by atoms with Crippen LogP contribution in [0.15, 0.2) is 84.0 Å². The number of phenolic OH excluding ortho intramolecular Hbond substituents is 1. The Bertz CT molecular complexity index is 1150. The lowest BCUT2D eigenvalue weighted by molar-refractivity contribution is 0.102. The number of para-hydroxylation sites is 1. The zero-order valence-corrected chi connectivity index (χ0v) is 17.3. The lowest BCUT2D eigenvalue weighted by Crippen LogP contribution is -2.07. The van der Waals surface area contributed by atoms with E-state index >= 15 is 0 Å². The van der Waals surface area contributed by atoms with Gasteiger partial charge in [0.15, 0.2) is 16.8 Å². The molecule has 150 valence electrons. The third kappa shape index (κ3) is 4.44. The van der Waals surface area contributed by atoms with Crippen LogP contribution >= 0.6 is 11.8 Å². The van der Waals surface area contributed by atoms with Crippen LogP contribution in [-0.4, -0.2) is 31.4 Å². The molecule has 0 amide bonds. The Labute approximate surface area is 179 Å². The second-order valence-corrected chi connectivity index (χ2v) is 7.92. The summed E-state index contributed by atoms with van der Waals surface area (Å²) in [6.45, 7) is 2.54. The summed E-state index contributed by atoms with van der Waals surface area (Å²) in [5.74, 6) is 1.02. The van der Waals surface area contributed by atoms with Gasteiger partial charge in [-0.3, -0.25) is 9.36 Å². The van der Waals surface area contributed by atoms with Crippen molar-refractivity contribution < 1.29 is 9.90 Å². The first-order valence-electron chi connectivity index (χ1n) is 9.60. The highest BCUT2D eigenvalue weighted by Crippen LogP contribution is 2.31. The van der Waals surface area contributed by atoms with Gasteiger partial charge in [-0.15, -0.1) is 10.2 Å². The Balaban J connectivity index is 1.63. The molecule has 6 heteroatoms. The molecule has 4 aromatic rings. The molecule has 3 aromatic carbocycles. The van der Waals surface area contributed by atoms with Crippen molar-refractivity contribution >= 4 is 17.5 Å². The van der Waals surface area contributed by atoms with E-state index in [-0.39, 0.29) is 17.3 Å². The molecule has 4 rings (SSSR count). The Kier molecular flexibility index (Phi) is 5.95. The van der Waals surface area contributed by atoms with Gasteiger partial charge in [0.25, 0.3) is 0 Å². The monoisotopic (exact) mass is 415 g/mol. The Hall–Kier alpha value is -3.38. The van der Waals surface area contributed by atoms with E-state index in [1.54, 1.807) is 12.1 Å². The molecule has 0 saturated heterocycles. The summed E-state index contributed by atoms with van der Waals surface area (Å²) in [4.78, 5) is 12.6. The minimum absolute atomic E-state index is 0.0402. The summed E-state index contributed by atoms with van der Waals surface area (Å²) in [6, 6.07) is 24.6. The fourth-order valence-corrected chi connectivity index (χ4v) is 3.95. The molecule has 0 atom stereocenters. The first-order chi connectivity index (χ1) is 14.6.